The summed E-state index contributed by atoms with van der Waals surface area (Å²) >= 11 is 0. The molecule has 0 saturated heterocycles. The van der Waals surface area contributed by atoms with Crippen LogP contribution >= 0.6 is 0 Å². The van der Waals surface area contributed by atoms with E-state index in [0.29, 0.717) is 0 Å². The average molecular weight is 223 g/mol. The molecular formula is C14H13N3. The zero-order valence-corrected chi connectivity index (χ0v) is 9.77. The summed E-state index contributed by atoms with van der Waals surface area (Å²) in [6, 6.07) is 12.2. The van der Waals surface area contributed by atoms with Gasteiger partial charge in [-0.2, -0.15) is 10.5 Å². The van der Waals surface area contributed by atoms with Gasteiger partial charge in [0, 0.05) is 18.8 Å². The molecule has 1 aliphatic heterocycles. The van der Waals surface area contributed by atoms with E-state index in [4.69, 9.17) is 10.5 Å². The van der Waals surface area contributed by atoms with Crippen molar-refractivity contribution in [3.8, 4) is 12.1 Å². The molecule has 3 heteroatoms. The van der Waals surface area contributed by atoms with Crippen LogP contribution < -0.4 is 0 Å². The van der Waals surface area contributed by atoms with Gasteiger partial charge >= 0.3 is 0 Å². The topological polar surface area (TPSA) is 50.8 Å². The van der Waals surface area contributed by atoms with Gasteiger partial charge in [-0.25, -0.2) is 0 Å². The maximum atomic E-state index is 8.87. The Morgan fingerprint density at radius 3 is 2.47 bits per heavy atom. The first-order valence-corrected chi connectivity index (χ1v) is 5.59. The van der Waals surface area contributed by atoms with Crippen molar-refractivity contribution in [2.24, 2.45) is 0 Å². The average Bonchev–Trinajstić information content (AvgIpc) is 2.39. The van der Waals surface area contributed by atoms with E-state index in [1.54, 1.807) is 0 Å². The Kier molecular flexibility index (Phi) is 3.12. The lowest BCUT2D eigenvalue weighted by molar-refractivity contribution is 0.322. The van der Waals surface area contributed by atoms with Crippen molar-refractivity contribution in [3.05, 3.63) is 46.7 Å². The van der Waals surface area contributed by atoms with Crippen LogP contribution in [0.5, 0.6) is 0 Å². The second-order valence-corrected chi connectivity index (χ2v) is 4.12. The maximum absolute atomic E-state index is 8.87. The minimum atomic E-state index is 0.212. The fraction of sp³-hybridized carbons (Fsp3) is 0.286. The molecule has 0 N–H and O–H groups in total. The molecule has 0 fully saturated rings. The van der Waals surface area contributed by atoms with Crippen LogP contribution in [0.15, 0.2) is 35.5 Å². The van der Waals surface area contributed by atoms with Crippen molar-refractivity contribution in [3.63, 3.8) is 0 Å². The Labute approximate surface area is 101 Å². The van der Waals surface area contributed by atoms with Crippen LogP contribution in [-0.4, -0.2) is 11.4 Å². The Morgan fingerprint density at radius 1 is 1.18 bits per heavy atom. The molecule has 2 rings (SSSR count). The predicted octanol–water partition coefficient (Wildman–Crippen LogP) is 2.37. The van der Waals surface area contributed by atoms with Gasteiger partial charge in [-0.1, -0.05) is 24.3 Å². The molecule has 1 aromatic carbocycles. The maximum Gasteiger partial charge on any atom is 0.148 e. The van der Waals surface area contributed by atoms with E-state index in [9.17, 15) is 0 Å². The van der Waals surface area contributed by atoms with Gasteiger partial charge in [-0.05, 0) is 24.5 Å². The minimum Gasteiger partial charge on any atom is -0.369 e. The van der Waals surface area contributed by atoms with E-state index in [2.05, 4.69) is 17.0 Å². The van der Waals surface area contributed by atoms with Gasteiger partial charge in [0.05, 0.1) is 0 Å². The van der Waals surface area contributed by atoms with Crippen LogP contribution in [0, 0.1) is 22.7 Å². The molecule has 3 nitrogen and oxygen atoms in total. The van der Waals surface area contributed by atoms with Crippen LogP contribution in [0.25, 0.3) is 0 Å². The molecule has 0 spiro atoms. The van der Waals surface area contributed by atoms with Crippen molar-refractivity contribution in [1.29, 1.82) is 10.5 Å². The highest BCUT2D eigenvalue weighted by molar-refractivity contribution is 5.40. The van der Waals surface area contributed by atoms with Gasteiger partial charge in [0.25, 0.3) is 0 Å². The molecule has 1 aromatic rings. The van der Waals surface area contributed by atoms with E-state index < -0.39 is 0 Å². The summed E-state index contributed by atoms with van der Waals surface area (Å²) in [5, 5.41) is 17.7. The number of rotatable bonds is 1. The zero-order valence-electron chi connectivity index (χ0n) is 9.77. The number of benzene rings is 1. The molecule has 17 heavy (non-hydrogen) atoms. The third-order valence-corrected chi connectivity index (χ3v) is 3.19. The van der Waals surface area contributed by atoms with Crippen molar-refractivity contribution in [2.45, 2.75) is 19.9 Å². The summed E-state index contributed by atoms with van der Waals surface area (Å²) in [6.45, 7) is 3.50. The Hall–Kier alpha value is -2.26. The van der Waals surface area contributed by atoms with E-state index in [1.165, 1.54) is 11.1 Å². The minimum absolute atomic E-state index is 0.212. The molecule has 0 unspecified atom stereocenters. The molecule has 1 heterocycles. The van der Waals surface area contributed by atoms with Crippen molar-refractivity contribution < 1.29 is 0 Å². The van der Waals surface area contributed by atoms with E-state index in [0.717, 1.165) is 25.2 Å². The van der Waals surface area contributed by atoms with Crippen LogP contribution in [0.3, 0.4) is 0 Å². The van der Waals surface area contributed by atoms with Gasteiger partial charge in [-0.3, -0.25) is 0 Å². The summed E-state index contributed by atoms with van der Waals surface area (Å²) < 4.78 is 0. The molecule has 1 aliphatic rings. The molecule has 0 aliphatic carbocycles. The molecule has 84 valence electrons. The van der Waals surface area contributed by atoms with E-state index in [-0.39, 0.29) is 5.57 Å². The number of fused-ring (bicyclic) bond motifs is 1. The van der Waals surface area contributed by atoms with Gasteiger partial charge in [-0.15, -0.1) is 0 Å². The number of allylic oxidation sites excluding steroid dienone is 2. The van der Waals surface area contributed by atoms with E-state index in [1.807, 2.05) is 31.2 Å². The third kappa shape index (κ3) is 2.14. The van der Waals surface area contributed by atoms with Crippen molar-refractivity contribution in [1.82, 2.24) is 4.90 Å². The van der Waals surface area contributed by atoms with Gasteiger partial charge in [0.1, 0.15) is 17.7 Å². The Morgan fingerprint density at radius 2 is 1.82 bits per heavy atom. The molecule has 0 atom stereocenters. The van der Waals surface area contributed by atoms with Crippen LogP contribution in [0.1, 0.15) is 18.1 Å². The largest absolute Gasteiger partial charge is 0.369 e. The molecule has 0 aromatic heterocycles. The fourth-order valence-corrected chi connectivity index (χ4v) is 2.13. The Bertz CT molecular complexity index is 527. The van der Waals surface area contributed by atoms with Crippen LogP contribution in [-0.2, 0) is 13.0 Å². The first-order chi connectivity index (χ1) is 8.26. The quantitative estimate of drug-likeness (QED) is 0.687. The number of hydrogen-bond donors (Lipinski definition) is 0. The van der Waals surface area contributed by atoms with Crippen LogP contribution in [0.4, 0.5) is 0 Å². The number of nitrogens with zero attached hydrogens (tertiary/aromatic N) is 3. The molecular weight excluding hydrogens is 210 g/mol. The monoisotopic (exact) mass is 223 g/mol. The third-order valence-electron chi connectivity index (χ3n) is 3.19. The lowest BCUT2D eigenvalue weighted by atomic mass is 9.99. The molecule has 0 bridgehead atoms. The van der Waals surface area contributed by atoms with Gasteiger partial charge in [0.2, 0.25) is 0 Å². The smallest absolute Gasteiger partial charge is 0.148 e. The first kappa shape index (κ1) is 11.2. The zero-order chi connectivity index (χ0) is 12.3. The molecule has 0 radical (unpaired) electrons. The highest BCUT2D eigenvalue weighted by atomic mass is 15.1. The summed E-state index contributed by atoms with van der Waals surface area (Å²) in [7, 11) is 0. The lowest BCUT2D eigenvalue weighted by Gasteiger charge is -2.31. The second-order valence-electron chi connectivity index (χ2n) is 4.12. The number of nitriles is 2. The first-order valence-electron chi connectivity index (χ1n) is 5.59. The molecule has 0 saturated carbocycles. The summed E-state index contributed by atoms with van der Waals surface area (Å²) in [6.07, 6.45) is 0.970. The van der Waals surface area contributed by atoms with Crippen LogP contribution in [0.2, 0.25) is 0 Å². The van der Waals surface area contributed by atoms with Gasteiger partial charge in [0.15, 0.2) is 0 Å². The van der Waals surface area contributed by atoms with Crippen molar-refractivity contribution >= 4 is 0 Å². The SMILES string of the molecule is CC(=C(C#N)C#N)N1CCc2ccccc2C1. The second kappa shape index (κ2) is 4.72. The highest BCUT2D eigenvalue weighted by Crippen LogP contribution is 2.22. The lowest BCUT2D eigenvalue weighted by Crippen LogP contribution is -2.29. The summed E-state index contributed by atoms with van der Waals surface area (Å²) in [4.78, 5) is 2.10. The highest BCUT2D eigenvalue weighted by Gasteiger charge is 2.17. The fourth-order valence-electron chi connectivity index (χ4n) is 2.13. The summed E-state index contributed by atoms with van der Waals surface area (Å²) in [5.74, 6) is 0. The Balaban J connectivity index is 2.28. The molecule has 0 amide bonds. The predicted molar refractivity (Wildman–Crippen MR) is 64.5 cm³/mol. The summed E-state index contributed by atoms with van der Waals surface area (Å²) in [5.41, 5.74) is 3.65. The normalized spacial score (nSPS) is 13.2. The van der Waals surface area contributed by atoms with E-state index >= 15 is 0 Å². The standard InChI is InChI=1S/C14H13N3/c1-11(14(8-15)9-16)17-7-6-12-4-2-3-5-13(12)10-17/h2-5H,6-7,10H2,1H3. The number of hydrogen-bond acceptors (Lipinski definition) is 3. The van der Waals surface area contributed by atoms with Gasteiger partial charge < -0.3 is 4.90 Å². The van der Waals surface area contributed by atoms with Crippen molar-refractivity contribution in [2.75, 3.05) is 6.54 Å².